The van der Waals surface area contributed by atoms with Crippen LogP contribution in [0, 0.1) is 10.7 Å². The van der Waals surface area contributed by atoms with Crippen molar-refractivity contribution in [3.63, 3.8) is 0 Å². The van der Waals surface area contributed by atoms with Crippen molar-refractivity contribution in [1.82, 2.24) is 14.0 Å². The molecule has 0 spiro atoms. The summed E-state index contributed by atoms with van der Waals surface area (Å²) in [5.41, 5.74) is 0.784. The second-order valence-corrected chi connectivity index (χ2v) is 7.42. The molecule has 2 heterocycles. The number of rotatable bonds is 6. The van der Waals surface area contributed by atoms with Crippen molar-refractivity contribution in [2.75, 3.05) is 7.05 Å². The maximum absolute atomic E-state index is 14.3. The van der Waals surface area contributed by atoms with Crippen LogP contribution < -0.4 is 0 Å². The number of halogens is 1. The number of aromatic nitrogens is 2. The first-order valence-corrected chi connectivity index (χ1v) is 9.03. The molecular weight excluding hydrogens is 359 g/mol. The summed E-state index contributed by atoms with van der Waals surface area (Å²) in [6.45, 7) is 0.0838. The lowest BCUT2D eigenvalue weighted by molar-refractivity contribution is 0.342. The molecule has 0 bridgehead atoms. The first-order valence-electron chi connectivity index (χ1n) is 7.59. The van der Waals surface area contributed by atoms with Gasteiger partial charge in [-0.2, -0.15) is 0 Å². The molecule has 3 aromatic rings. The van der Waals surface area contributed by atoms with Crippen LogP contribution in [-0.4, -0.2) is 29.4 Å². The van der Waals surface area contributed by atoms with Crippen LogP contribution in [0.25, 0.3) is 11.3 Å². The van der Waals surface area contributed by atoms with E-state index < -0.39 is 15.8 Å². The van der Waals surface area contributed by atoms with Gasteiger partial charge in [0.15, 0.2) is 0 Å². The Hall–Kier alpha value is -3.07. The standard InChI is InChI=1S/C17H15FN4O3S/c1-21(20-23)11-13-9-17(15-6-2-3-7-16(15)18)22(12-13)26(24,25)14-5-4-8-19-10-14/h2-10,12H,11H2,1H3. The fourth-order valence-electron chi connectivity index (χ4n) is 2.55. The summed E-state index contributed by atoms with van der Waals surface area (Å²) in [4.78, 5) is 14.4. The van der Waals surface area contributed by atoms with E-state index in [1.807, 2.05) is 0 Å². The van der Waals surface area contributed by atoms with Gasteiger partial charge >= 0.3 is 0 Å². The normalized spacial score (nSPS) is 11.3. The van der Waals surface area contributed by atoms with Crippen LogP contribution in [0.5, 0.6) is 0 Å². The maximum Gasteiger partial charge on any atom is 0.269 e. The summed E-state index contributed by atoms with van der Waals surface area (Å²) in [5.74, 6) is -0.554. The van der Waals surface area contributed by atoms with E-state index in [1.54, 1.807) is 6.07 Å². The zero-order valence-electron chi connectivity index (χ0n) is 13.8. The van der Waals surface area contributed by atoms with Gasteiger partial charge in [-0.05, 0) is 35.9 Å². The number of pyridine rings is 1. The number of benzene rings is 1. The van der Waals surface area contributed by atoms with Gasteiger partial charge in [0.05, 0.1) is 17.5 Å². The monoisotopic (exact) mass is 374 g/mol. The predicted molar refractivity (Wildman–Crippen MR) is 93.9 cm³/mol. The fraction of sp³-hybridized carbons (Fsp3) is 0.118. The van der Waals surface area contributed by atoms with Gasteiger partial charge in [0.1, 0.15) is 10.7 Å². The Morgan fingerprint density at radius 1 is 1.23 bits per heavy atom. The average Bonchev–Trinajstić information content (AvgIpc) is 3.07. The molecule has 26 heavy (non-hydrogen) atoms. The van der Waals surface area contributed by atoms with Gasteiger partial charge < -0.3 is 0 Å². The smallest absolute Gasteiger partial charge is 0.263 e. The first kappa shape index (κ1) is 17.7. The van der Waals surface area contributed by atoms with Crippen LogP contribution in [-0.2, 0) is 16.6 Å². The molecule has 0 saturated heterocycles. The van der Waals surface area contributed by atoms with Crippen molar-refractivity contribution in [1.29, 1.82) is 0 Å². The van der Waals surface area contributed by atoms with Crippen molar-refractivity contribution < 1.29 is 12.8 Å². The Balaban J connectivity index is 2.20. The fourth-order valence-corrected chi connectivity index (χ4v) is 3.91. The summed E-state index contributed by atoms with van der Waals surface area (Å²) in [6, 6.07) is 10.3. The van der Waals surface area contributed by atoms with Crippen LogP contribution in [0.15, 0.2) is 71.2 Å². The second-order valence-electron chi connectivity index (χ2n) is 5.60. The molecule has 134 valence electrons. The quantitative estimate of drug-likeness (QED) is 0.489. The molecule has 0 N–H and O–H groups in total. The van der Waals surface area contributed by atoms with E-state index in [9.17, 15) is 17.7 Å². The van der Waals surface area contributed by atoms with E-state index in [1.165, 1.54) is 62.0 Å². The molecule has 1 aromatic carbocycles. The molecule has 2 aromatic heterocycles. The number of nitroso groups, excluding NO2 is 1. The summed E-state index contributed by atoms with van der Waals surface area (Å²) in [6.07, 6.45) is 4.04. The van der Waals surface area contributed by atoms with Crippen molar-refractivity contribution >= 4 is 10.0 Å². The van der Waals surface area contributed by atoms with Crippen LogP contribution in [0.1, 0.15) is 5.56 Å². The largest absolute Gasteiger partial charge is 0.269 e. The first-order chi connectivity index (χ1) is 12.4. The highest BCUT2D eigenvalue weighted by Gasteiger charge is 2.23. The molecule has 0 radical (unpaired) electrons. The molecule has 0 aliphatic rings. The number of hydrogen-bond donors (Lipinski definition) is 0. The third-order valence-corrected chi connectivity index (χ3v) is 5.39. The van der Waals surface area contributed by atoms with Gasteiger partial charge in [-0.3, -0.25) is 9.99 Å². The highest BCUT2D eigenvalue weighted by atomic mass is 32.2. The lowest BCUT2D eigenvalue weighted by atomic mass is 10.1. The van der Waals surface area contributed by atoms with Crippen molar-refractivity contribution in [2.45, 2.75) is 11.4 Å². The zero-order chi connectivity index (χ0) is 18.7. The lowest BCUT2D eigenvalue weighted by Gasteiger charge is -2.11. The molecule has 0 fully saturated rings. The van der Waals surface area contributed by atoms with Gasteiger partial charge in [-0.15, -0.1) is 4.91 Å². The minimum absolute atomic E-state index is 0.0263. The summed E-state index contributed by atoms with van der Waals surface area (Å²) in [7, 11) is -2.53. The Morgan fingerprint density at radius 3 is 2.65 bits per heavy atom. The Bertz CT molecular complexity index is 1040. The minimum atomic E-state index is -4.00. The van der Waals surface area contributed by atoms with Crippen molar-refractivity contribution in [2.24, 2.45) is 5.29 Å². The van der Waals surface area contributed by atoms with E-state index in [2.05, 4.69) is 10.3 Å². The minimum Gasteiger partial charge on any atom is -0.263 e. The third-order valence-electron chi connectivity index (χ3n) is 3.73. The molecule has 7 nitrogen and oxygen atoms in total. The van der Waals surface area contributed by atoms with Gasteiger partial charge in [0, 0.05) is 31.2 Å². The number of hydrogen-bond acceptors (Lipinski definition) is 5. The Labute approximate surface area is 149 Å². The predicted octanol–water partition coefficient (Wildman–Crippen LogP) is 3.04. The Kier molecular flexibility index (Phi) is 4.81. The molecule has 0 aliphatic heterocycles. The molecule has 0 atom stereocenters. The number of nitrogens with zero attached hydrogens (tertiary/aromatic N) is 4. The second kappa shape index (κ2) is 7.04. The summed E-state index contributed by atoms with van der Waals surface area (Å²) >= 11 is 0. The lowest BCUT2D eigenvalue weighted by Crippen LogP contribution is -2.14. The molecule has 0 unspecified atom stereocenters. The molecule has 9 heteroatoms. The van der Waals surface area contributed by atoms with Gasteiger partial charge in [-0.1, -0.05) is 12.1 Å². The van der Waals surface area contributed by atoms with Crippen LogP contribution in [0.2, 0.25) is 0 Å². The molecule has 0 amide bonds. The maximum atomic E-state index is 14.3. The topological polar surface area (TPSA) is 84.6 Å². The van der Waals surface area contributed by atoms with Crippen molar-refractivity contribution in [3.05, 3.63) is 77.3 Å². The highest BCUT2D eigenvalue weighted by Crippen LogP contribution is 2.29. The molecule has 0 saturated carbocycles. The average molecular weight is 374 g/mol. The zero-order valence-corrected chi connectivity index (χ0v) is 14.6. The van der Waals surface area contributed by atoms with E-state index in [0.29, 0.717) is 5.56 Å². The summed E-state index contributed by atoms with van der Waals surface area (Å²) < 4.78 is 41.3. The highest BCUT2D eigenvalue weighted by molar-refractivity contribution is 7.90. The van der Waals surface area contributed by atoms with Crippen LogP contribution >= 0.6 is 0 Å². The van der Waals surface area contributed by atoms with E-state index in [0.717, 1.165) is 8.98 Å². The summed E-state index contributed by atoms with van der Waals surface area (Å²) in [5, 5.41) is 3.89. The third kappa shape index (κ3) is 3.33. The van der Waals surface area contributed by atoms with Crippen LogP contribution in [0.4, 0.5) is 4.39 Å². The Morgan fingerprint density at radius 2 is 2.00 bits per heavy atom. The molecular formula is C17H15FN4O3S. The van der Waals surface area contributed by atoms with E-state index in [-0.39, 0.29) is 22.7 Å². The van der Waals surface area contributed by atoms with Gasteiger partial charge in [0.2, 0.25) is 0 Å². The van der Waals surface area contributed by atoms with Crippen molar-refractivity contribution in [3.8, 4) is 11.3 Å². The SMILES string of the molecule is CN(Cc1cc(-c2ccccc2F)n(S(=O)(=O)c2cccnc2)c1)N=O. The molecule has 0 aliphatic carbocycles. The van der Waals surface area contributed by atoms with E-state index in [4.69, 9.17) is 0 Å². The van der Waals surface area contributed by atoms with Gasteiger partial charge in [-0.25, -0.2) is 16.8 Å². The van der Waals surface area contributed by atoms with Crippen LogP contribution in [0.3, 0.4) is 0 Å². The van der Waals surface area contributed by atoms with E-state index >= 15 is 0 Å². The van der Waals surface area contributed by atoms with Gasteiger partial charge in [0.25, 0.3) is 10.0 Å². The molecule has 3 rings (SSSR count).